The Bertz CT molecular complexity index is 433. The predicted octanol–water partition coefficient (Wildman–Crippen LogP) is 2.52. The largest absolute Gasteiger partial charge is 0.573 e. The van der Waals surface area contributed by atoms with Crippen LogP contribution in [0.2, 0.25) is 5.02 Å². The van der Waals surface area contributed by atoms with Crippen LogP contribution < -0.4 is 10.5 Å². The molecule has 0 unspecified atom stereocenters. The SMILES string of the molecule is Nc1cc(OC(F)(F)F)c(Cl)c(C(=O)O)c1. The number of aromatic carboxylic acids is 1. The monoisotopic (exact) mass is 255 g/mol. The number of alkyl halides is 3. The lowest BCUT2D eigenvalue weighted by Crippen LogP contribution is -2.18. The summed E-state index contributed by atoms with van der Waals surface area (Å²) in [5.74, 6) is -2.34. The molecule has 0 atom stereocenters. The Kier molecular flexibility index (Phi) is 3.18. The highest BCUT2D eigenvalue weighted by Gasteiger charge is 2.33. The highest BCUT2D eigenvalue weighted by atomic mass is 35.5. The third-order valence-corrected chi connectivity index (χ3v) is 1.91. The van der Waals surface area contributed by atoms with Crippen LogP contribution in [0.1, 0.15) is 10.4 Å². The van der Waals surface area contributed by atoms with Crippen molar-refractivity contribution in [2.75, 3.05) is 5.73 Å². The Hall–Kier alpha value is -1.63. The molecular formula is C8H5ClF3NO3. The number of carboxylic acids is 1. The second-order valence-electron chi connectivity index (χ2n) is 2.73. The van der Waals surface area contributed by atoms with Crippen molar-refractivity contribution in [1.29, 1.82) is 0 Å². The Morgan fingerprint density at radius 2 is 2.00 bits per heavy atom. The predicted molar refractivity (Wildman–Crippen MR) is 49.5 cm³/mol. The second kappa shape index (κ2) is 4.09. The number of nitrogens with two attached hydrogens (primary N) is 1. The molecule has 0 aliphatic heterocycles. The fraction of sp³-hybridized carbons (Fsp3) is 0.125. The smallest absolute Gasteiger partial charge is 0.478 e. The van der Waals surface area contributed by atoms with Gasteiger partial charge in [-0.25, -0.2) is 4.79 Å². The average Bonchev–Trinajstić information content (AvgIpc) is 2.07. The molecule has 0 aromatic heterocycles. The van der Waals surface area contributed by atoms with E-state index in [9.17, 15) is 18.0 Å². The van der Waals surface area contributed by atoms with Crippen LogP contribution in [-0.4, -0.2) is 17.4 Å². The number of benzene rings is 1. The third kappa shape index (κ3) is 2.93. The van der Waals surface area contributed by atoms with Crippen molar-refractivity contribution in [3.05, 3.63) is 22.7 Å². The van der Waals surface area contributed by atoms with Crippen molar-refractivity contribution in [2.24, 2.45) is 0 Å². The number of halogens is 4. The van der Waals surface area contributed by atoms with E-state index in [0.717, 1.165) is 12.1 Å². The summed E-state index contributed by atoms with van der Waals surface area (Å²) in [7, 11) is 0. The van der Waals surface area contributed by atoms with Gasteiger partial charge in [0.1, 0.15) is 0 Å². The van der Waals surface area contributed by atoms with Gasteiger partial charge in [-0.2, -0.15) is 0 Å². The van der Waals surface area contributed by atoms with Gasteiger partial charge in [0.05, 0.1) is 10.6 Å². The van der Waals surface area contributed by atoms with Crippen molar-refractivity contribution in [1.82, 2.24) is 0 Å². The molecule has 0 aliphatic rings. The van der Waals surface area contributed by atoms with E-state index in [1.807, 2.05) is 0 Å². The lowest BCUT2D eigenvalue weighted by Gasteiger charge is -2.12. The normalized spacial score (nSPS) is 11.2. The zero-order valence-electron chi connectivity index (χ0n) is 7.51. The summed E-state index contributed by atoms with van der Waals surface area (Å²) in [5, 5.41) is 7.98. The first kappa shape index (κ1) is 12.4. The van der Waals surface area contributed by atoms with Gasteiger partial charge in [-0.15, -0.1) is 13.2 Å². The molecule has 0 bridgehead atoms. The van der Waals surface area contributed by atoms with E-state index in [-0.39, 0.29) is 5.69 Å². The highest BCUT2D eigenvalue weighted by molar-refractivity contribution is 6.35. The minimum absolute atomic E-state index is 0.193. The number of carboxylic acid groups (broad SMARTS) is 1. The number of rotatable bonds is 2. The summed E-state index contributed by atoms with van der Waals surface area (Å²) in [6, 6.07) is 1.73. The first-order valence-electron chi connectivity index (χ1n) is 3.79. The van der Waals surface area contributed by atoms with Gasteiger partial charge in [0.25, 0.3) is 0 Å². The molecule has 1 aromatic rings. The quantitative estimate of drug-likeness (QED) is 0.797. The molecule has 0 spiro atoms. The van der Waals surface area contributed by atoms with Crippen molar-refractivity contribution >= 4 is 23.3 Å². The summed E-state index contributed by atoms with van der Waals surface area (Å²) < 4.78 is 39.3. The first-order chi connectivity index (χ1) is 7.20. The molecule has 16 heavy (non-hydrogen) atoms. The van der Waals surface area contributed by atoms with Gasteiger partial charge in [0, 0.05) is 11.8 Å². The maximum atomic E-state index is 11.9. The molecule has 1 aromatic carbocycles. The highest BCUT2D eigenvalue weighted by Crippen LogP contribution is 2.34. The van der Waals surface area contributed by atoms with Crippen molar-refractivity contribution in [3.8, 4) is 5.75 Å². The van der Waals surface area contributed by atoms with Crippen LogP contribution in [0.15, 0.2) is 12.1 Å². The van der Waals surface area contributed by atoms with Crippen LogP contribution >= 0.6 is 11.6 Å². The number of anilines is 1. The van der Waals surface area contributed by atoms with Crippen LogP contribution in [0.3, 0.4) is 0 Å². The summed E-state index contributed by atoms with van der Waals surface area (Å²) >= 11 is 5.42. The molecule has 1 rings (SSSR count). The molecule has 0 amide bonds. The number of hydrogen-bond donors (Lipinski definition) is 2. The van der Waals surface area contributed by atoms with E-state index in [4.69, 9.17) is 22.4 Å². The van der Waals surface area contributed by atoms with Gasteiger partial charge in [-0.05, 0) is 6.07 Å². The van der Waals surface area contributed by atoms with Crippen LogP contribution in [0.5, 0.6) is 5.75 Å². The van der Waals surface area contributed by atoms with Crippen molar-refractivity contribution in [3.63, 3.8) is 0 Å². The molecule has 8 heteroatoms. The zero-order valence-corrected chi connectivity index (χ0v) is 8.26. The average molecular weight is 256 g/mol. The maximum absolute atomic E-state index is 11.9. The number of nitrogen functional groups attached to an aromatic ring is 1. The molecule has 3 N–H and O–H groups in total. The van der Waals surface area contributed by atoms with Crippen LogP contribution in [0, 0.1) is 0 Å². The molecule has 0 saturated carbocycles. The van der Waals surface area contributed by atoms with Gasteiger partial charge >= 0.3 is 12.3 Å². The fourth-order valence-corrected chi connectivity index (χ4v) is 1.20. The standard InChI is InChI=1S/C8H5ClF3NO3/c9-6-4(7(14)15)1-3(13)2-5(6)16-8(10,11)12/h1-2H,13H2,(H,14,15). The van der Waals surface area contributed by atoms with Crippen LogP contribution in [0.25, 0.3) is 0 Å². The van der Waals surface area contributed by atoms with Crippen molar-refractivity contribution < 1.29 is 27.8 Å². The van der Waals surface area contributed by atoms with E-state index in [1.165, 1.54) is 0 Å². The molecular weight excluding hydrogens is 251 g/mol. The van der Waals surface area contributed by atoms with Gasteiger partial charge < -0.3 is 15.6 Å². The van der Waals surface area contributed by atoms with Gasteiger partial charge in [-0.1, -0.05) is 11.6 Å². The van der Waals surface area contributed by atoms with E-state index >= 15 is 0 Å². The molecule has 0 heterocycles. The van der Waals surface area contributed by atoms with Crippen molar-refractivity contribution in [2.45, 2.75) is 6.36 Å². The van der Waals surface area contributed by atoms with E-state index < -0.39 is 28.7 Å². The molecule has 4 nitrogen and oxygen atoms in total. The number of hydrogen-bond acceptors (Lipinski definition) is 3. The minimum Gasteiger partial charge on any atom is -0.478 e. The fourth-order valence-electron chi connectivity index (χ4n) is 0.974. The van der Waals surface area contributed by atoms with Crippen LogP contribution in [-0.2, 0) is 0 Å². The first-order valence-corrected chi connectivity index (χ1v) is 4.16. The summed E-state index contributed by atoms with van der Waals surface area (Å²) in [5.41, 5.74) is 4.47. The van der Waals surface area contributed by atoms with Gasteiger partial charge in [0.2, 0.25) is 0 Å². The Balaban J connectivity index is 3.25. The topological polar surface area (TPSA) is 72.5 Å². The third-order valence-electron chi connectivity index (χ3n) is 1.52. The lowest BCUT2D eigenvalue weighted by atomic mass is 10.2. The summed E-state index contributed by atoms with van der Waals surface area (Å²) in [4.78, 5) is 10.6. The molecule has 0 fully saturated rings. The number of ether oxygens (including phenoxy) is 1. The molecule has 88 valence electrons. The second-order valence-corrected chi connectivity index (χ2v) is 3.11. The van der Waals surface area contributed by atoms with Gasteiger partial charge in [-0.3, -0.25) is 0 Å². The zero-order chi connectivity index (χ0) is 12.5. The summed E-state index contributed by atoms with van der Waals surface area (Å²) in [6.45, 7) is 0. The van der Waals surface area contributed by atoms with E-state index in [1.54, 1.807) is 0 Å². The Morgan fingerprint density at radius 1 is 1.44 bits per heavy atom. The van der Waals surface area contributed by atoms with Crippen LogP contribution in [0.4, 0.5) is 18.9 Å². The lowest BCUT2D eigenvalue weighted by molar-refractivity contribution is -0.274. The molecule has 0 aliphatic carbocycles. The molecule has 0 radical (unpaired) electrons. The van der Waals surface area contributed by atoms with E-state index in [0.29, 0.717) is 0 Å². The Labute approximate surface area is 92.4 Å². The minimum atomic E-state index is -4.97. The van der Waals surface area contributed by atoms with E-state index in [2.05, 4.69) is 4.74 Å². The summed E-state index contributed by atoms with van der Waals surface area (Å²) in [6.07, 6.45) is -4.97. The Morgan fingerprint density at radius 3 is 2.44 bits per heavy atom. The number of carbonyl (C=O) groups is 1. The maximum Gasteiger partial charge on any atom is 0.573 e. The van der Waals surface area contributed by atoms with Gasteiger partial charge in [0.15, 0.2) is 5.75 Å². The molecule has 0 saturated heterocycles.